The molecule has 2 aliphatic rings. The maximum atomic E-state index is 12.4. The largest absolute Gasteiger partial charge is 0.380 e. The maximum Gasteiger partial charge on any atom is 0.250 e. The number of nitrogens with zero attached hydrogens (tertiary/aromatic N) is 2. The first-order valence-corrected chi connectivity index (χ1v) is 7.93. The van der Waals surface area contributed by atoms with E-state index in [0.29, 0.717) is 30.0 Å². The summed E-state index contributed by atoms with van der Waals surface area (Å²) in [6.45, 7) is 12.6. The lowest BCUT2D eigenvalue weighted by atomic mass is 9.99. The van der Waals surface area contributed by atoms with Crippen LogP contribution in [0.5, 0.6) is 0 Å². The third kappa shape index (κ3) is 4.19. The Morgan fingerprint density at radius 1 is 1.48 bits per heavy atom. The molecule has 1 N–H and O–H groups in total. The Hall–Kier alpha value is -1.58. The third-order valence-corrected chi connectivity index (χ3v) is 4.40. The van der Waals surface area contributed by atoms with Crippen molar-refractivity contribution in [3.8, 4) is 0 Å². The minimum Gasteiger partial charge on any atom is -0.380 e. The highest BCUT2D eigenvalue weighted by molar-refractivity contribution is 5.93. The van der Waals surface area contributed by atoms with Crippen LogP contribution in [0.3, 0.4) is 0 Å². The molecule has 1 fully saturated rings. The van der Waals surface area contributed by atoms with Crippen LogP contribution in [-0.4, -0.2) is 42.7 Å². The zero-order chi connectivity index (χ0) is 15.4. The van der Waals surface area contributed by atoms with Gasteiger partial charge in [-0.05, 0) is 31.6 Å². The van der Waals surface area contributed by atoms with Crippen molar-refractivity contribution in [2.45, 2.75) is 39.7 Å². The van der Waals surface area contributed by atoms with Gasteiger partial charge in [0.1, 0.15) is 0 Å². The van der Waals surface area contributed by atoms with Crippen LogP contribution in [0.2, 0.25) is 0 Å². The second kappa shape index (κ2) is 6.92. The van der Waals surface area contributed by atoms with E-state index in [4.69, 9.17) is 0 Å². The maximum absolute atomic E-state index is 12.4. The fourth-order valence-corrected chi connectivity index (χ4v) is 2.79. The number of carbonyl (C=O) groups is 1. The SMILES string of the molecule is C=C(CNC1=CC(C)C(C)N=C1)C(=O)N1CCC[C@H](C)C1. The number of piperidine rings is 1. The van der Waals surface area contributed by atoms with Crippen molar-refractivity contribution < 1.29 is 4.79 Å². The van der Waals surface area contributed by atoms with Crippen LogP contribution in [0.15, 0.2) is 28.9 Å². The molecule has 116 valence electrons. The van der Waals surface area contributed by atoms with Gasteiger partial charge in [-0.15, -0.1) is 0 Å². The third-order valence-electron chi connectivity index (χ3n) is 4.40. The summed E-state index contributed by atoms with van der Waals surface area (Å²) in [5.41, 5.74) is 1.62. The van der Waals surface area contributed by atoms with Crippen LogP contribution < -0.4 is 5.32 Å². The van der Waals surface area contributed by atoms with E-state index in [1.807, 2.05) is 11.1 Å². The molecule has 2 rings (SSSR count). The minimum atomic E-state index is 0.0869. The lowest BCUT2D eigenvalue weighted by molar-refractivity contribution is -0.128. The molecular formula is C17H27N3O. The zero-order valence-electron chi connectivity index (χ0n) is 13.4. The van der Waals surface area contributed by atoms with Gasteiger partial charge in [-0.3, -0.25) is 9.79 Å². The fourth-order valence-electron chi connectivity index (χ4n) is 2.79. The van der Waals surface area contributed by atoms with Crippen molar-refractivity contribution in [3.63, 3.8) is 0 Å². The molecule has 3 atom stereocenters. The lowest BCUT2D eigenvalue weighted by Gasteiger charge is -2.31. The van der Waals surface area contributed by atoms with Gasteiger partial charge in [-0.25, -0.2) is 0 Å². The molecule has 1 amide bonds. The molecule has 1 saturated heterocycles. The number of amides is 1. The molecule has 0 bridgehead atoms. The van der Waals surface area contributed by atoms with Gasteiger partial charge in [0.2, 0.25) is 0 Å². The quantitative estimate of drug-likeness (QED) is 0.808. The topological polar surface area (TPSA) is 44.7 Å². The summed E-state index contributed by atoms with van der Waals surface area (Å²) < 4.78 is 0. The second-order valence-electron chi connectivity index (χ2n) is 6.46. The molecular weight excluding hydrogens is 262 g/mol. The molecule has 2 heterocycles. The summed E-state index contributed by atoms with van der Waals surface area (Å²) in [6.07, 6.45) is 6.33. The van der Waals surface area contributed by atoms with Gasteiger partial charge >= 0.3 is 0 Å². The molecule has 2 unspecified atom stereocenters. The summed E-state index contributed by atoms with van der Waals surface area (Å²) in [7, 11) is 0. The van der Waals surface area contributed by atoms with E-state index >= 15 is 0 Å². The van der Waals surface area contributed by atoms with Crippen LogP contribution in [0, 0.1) is 11.8 Å². The molecule has 4 heteroatoms. The van der Waals surface area contributed by atoms with Crippen LogP contribution in [0.1, 0.15) is 33.6 Å². The Morgan fingerprint density at radius 3 is 2.90 bits per heavy atom. The first-order valence-electron chi connectivity index (χ1n) is 7.93. The summed E-state index contributed by atoms with van der Waals surface area (Å²) in [6, 6.07) is 0.329. The highest BCUT2D eigenvalue weighted by Gasteiger charge is 2.22. The monoisotopic (exact) mass is 289 g/mol. The molecule has 0 radical (unpaired) electrons. The molecule has 21 heavy (non-hydrogen) atoms. The van der Waals surface area contributed by atoms with Gasteiger partial charge in [0.25, 0.3) is 5.91 Å². The van der Waals surface area contributed by atoms with E-state index in [1.165, 1.54) is 6.42 Å². The normalized spacial score (nSPS) is 29.0. The number of dihydropyridines is 1. The molecule has 0 aliphatic carbocycles. The average Bonchev–Trinajstić information content (AvgIpc) is 2.47. The number of rotatable bonds is 4. The van der Waals surface area contributed by atoms with Gasteiger partial charge in [0.05, 0.1) is 6.04 Å². The van der Waals surface area contributed by atoms with E-state index in [0.717, 1.165) is 25.2 Å². The van der Waals surface area contributed by atoms with Crippen LogP contribution in [0.4, 0.5) is 0 Å². The predicted octanol–water partition coefficient (Wildman–Crippen LogP) is 2.38. The Kier molecular flexibility index (Phi) is 5.21. The highest BCUT2D eigenvalue weighted by Crippen LogP contribution is 2.17. The van der Waals surface area contributed by atoms with E-state index in [-0.39, 0.29) is 5.91 Å². The predicted molar refractivity (Wildman–Crippen MR) is 87.3 cm³/mol. The number of carbonyl (C=O) groups excluding carboxylic acids is 1. The highest BCUT2D eigenvalue weighted by atomic mass is 16.2. The van der Waals surface area contributed by atoms with Crippen molar-refractivity contribution in [1.82, 2.24) is 10.2 Å². The summed E-state index contributed by atoms with van der Waals surface area (Å²) in [4.78, 5) is 18.7. The van der Waals surface area contributed by atoms with E-state index in [9.17, 15) is 4.79 Å². The second-order valence-corrected chi connectivity index (χ2v) is 6.46. The number of allylic oxidation sites excluding steroid dienone is 1. The molecule has 0 saturated carbocycles. The minimum absolute atomic E-state index is 0.0869. The molecule has 2 aliphatic heterocycles. The van der Waals surface area contributed by atoms with Crippen molar-refractivity contribution in [2.75, 3.05) is 19.6 Å². The molecule has 0 aromatic rings. The van der Waals surface area contributed by atoms with Gasteiger partial charge in [-0.1, -0.05) is 26.5 Å². The van der Waals surface area contributed by atoms with Gasteiger partial charge < -0.3 is 10.2 Å². The summed E-state index contributed by atoms with van der Waals surface area (Å²) in [5, 5.41) is 3.27. The smallest absolute Gasteiger partial charge is 0.250 e. The van der Waals surface area contributed by atoms with Crippen molar-refractivity contribution in [3.05, 3.63) is 23.9 Å². The lowest BCUT2D eigenvalue weighted by Crippen LogP contribution is -2.41. The Labute approximate surface area is 128 Å². The van der Waals surface area contributed by atoms with Gasteiger partial charge in [-0.2, -0.15) is 0 Å². The summed E-state index contributed by atoms with van der Waals surface area (Å²) in [5.74, 6) is 1.10. The van der Waals surface area contributed by atoms with Crippen LogP contribution in [-0.2, 0) is 4.79 Å². The summed E-state index contributed by atoms with van der Waals surface area (Å²) >= 11 is 0. The van der Waals surface area contributed by atoms with E-state index in [2.05, 4.69) is 43.7 Å². The number of aliphatic imine (C=N–C) groups is 1. The van der Waals surface area contributed by atoms with Crippen LogP contribution in [0.25, 0.3) is 0 Å². The van der Waals surface area contributed by atoms with Crippen molar-refractivity contribution >= 4 is 12.1 Å². The standard InChI is InChI=1S/C17H27N3O/c1-12-6-5-7-20(11-12)17(21)14(3)9-19-16-8-13(2)15(4)18-10-16/h8,10,12-13,15,19H,3,5-7,9,11H2,1-2,4H3/t12-,13?,15?/m0/s1. The molecule has 0 spiro atoms. The molecule has 4 nitrogen and oxygen atoms in total. The van der Waals surface area contributed by atoms with E-state index < -0.39 is 0 Å². The van der Waals surface area contributed by atoms with Crippen LogP contribution >= 0.6 is 0 Å². The fraction of sp³-hybridized carbons (Fsp3) is 0.647. The Bertz CT molecular complexity index is 467. The van der Waals surface area contributed by atoms with Gasteiger partial charge in [0, 0.05) is 37.1 Å². The van der Waals surface area contributed by atoms with E-state index in [1.54, 1.807) is 0 Å². The van der Waals surface area contributed by atoms with Gasteiger partial charge in [0.15, 0.2) is 0 Å². The molecule has 0 aromatic carbocycles. The number of hydrogen-bond donors (Lipinski definition) is 1. The average molecular weight is 289 g/mol. The zero-order valence-corrected chi connectivity index (χ0v) is 13.4. The molecule has 0 aromatic heterocycles. The van der Waals surface area contributed by atoms with Crippen molar-refractivity contribution in [2.24, 2.45) is 16.8 Å². The Morgan fingerprint density at radius 2 is 2.24 bits per heavy atom. The number of nitrogens with one attached hydrogen (secondary N) is 1. The Balaban J connectivity index is 1.83. The first kappa shape index (κ1) is 15.8. The van der Waals surface area contributed by atoms with Crippen molar-refractivity contribution in [1.29, 1.82) is 0 Å². The number of likely N-dealkylation sites (tertiary alicyclic amines) is 1. The number of hydrogen-bond acceptors (Lipinski definition) is 3. The first-order chi connectivity index (χ1) is 9.97.